The monoisotopic (exact) mass is 246 g/mol. The molecule has 0 bridgehead atoms. The van der Waals surface area contributed by atoms with E-state index in [1.807, 2.05) is 18.2 Å². The number of hydrogen-bond acceptors (Lipinski definition) is 3. The van der Waals surface area contributed by atoms with Crippen LogP contribution in [0.25, 0.3) is 0 Å². The predicted octanol–water partition coefficient (Wildman–Crippen LogP) is 3.42. The molecular formula is C14H18N2S. The van der Waals surface area contributed by atoms with Gasteiger partial charge in [-0.25, -0.2) is 0 Å². The Bertz CT molecular complexity index is 417. The van der Waals surface area contributed by atoms with Gasteiger partial charge in [0.1, 0.15) is 0 Å². The van der Waals surface area contributed by atoms with Crippen LogP contribution in [0.1, 0.15) is 24.0 Å². The van der Waals surface area contributed by atoms with Crippen molar-refractivity contribution in [1.29, 1.82) is 5.26 Å². The average molecular weight is 246 g/mol. The predicted molar refractivity (Wildman–Crippen MR) is 74.4 cm³/mol. The van der Waals surface area contributed by atoms with Gasteiger partial charge in [0.05, 0.1) is 11.6 Å². The Balaban J connectivity index is 1.95. The van der Waals surface area contributed by atoms with Crippen LogP contribution >= 0.6 is 11.8 Å². The maximum Gasteiger partial charge on any atom is 0.0992 e. The number of nitriles is 1. The van der Waals surface area contributed by atoms with E-state index in [0.29, 0.717) is 0 Å². The lowest BCUT2D eigenvalue weighted by molar-refractivity contribution is 0.548. The normalized spacial score (nSPS) is 19.6. The summed E-state index contributed by atoms with van der Waals surface area (Å²) in [5.74, 6) is 3.36. The van der Waals surface area contributed by atoms with Crippen LogP contribution < -0.4 is 5.32 Å². The molecule has 0 saturated carbocycles. The molecule has 0 aliphatic carbocycles. The van der Waals surface area contributed by atoms with Crippen LogP contribution in [0.15, 0.2) is 18.2 Å². The van der Waals surface area contributed by atoms with E-state index in [2.05, 4.69) is 30.1 Å². The lowest BCUT2D eigenvalue weighted by atomic mass is 10.0. The fourth-order valence-electron chi connectivity index (χ4n) is 2.10. The van der Waals surface area contributed by atoms with Crippen molar-refractivity contribution in [1.82, 2.24) is 0 Å². The molecule has 17 heavy (non-hydrogen) atoms. The minimum Gasteiger partial charge on any atom is -0.384 e. The topological polar surface area (TPSA) is 35.8 Å². The van der Waals surface area contributed by atoms with Crippen LogP contribution in [0.2, 0.25) is 0 Å². The highest BCUT2D eigenvalue weighted by molar-refractivity contribution is 7.99. The molecule has 1 aromatic rings. The van der Waals surface area contributed by atoms with Gasteiger partial charge in [-0.2, -0.15) is 17.0 Å². The van der Waals surface area contributed by atoms with Gasteiger partial charge in [0.2, 0.25) is 0 Å². The van der Waals surface area contributed by atoms with E-state index < -0.39 is 0 Å². The number of nitrogens with one attached hydrogen (secondary N) is 1. The summed E-state index contributed by atoms with van der Waals surface area (Å²) in [4.78, 5) is 0. The quantitative estimate of drug-likeness (QED) is 0.887. The second-order valence-electron chi connectivity index (χ2n) is 4.61. The molecule has 0 aromatic heterocycles. The van der Waals surface area contributed by atoms with Gasteiger partial charge >= 0.3 is 0 Å². The van der Waals surface area contributed by atoms with E-state index in [0.717, 1.165) is 23.7 Å². The molecule has 1 atom stereocenters. The fourth-order valence-corrected chi connectivity index (χ4v) is 3.26. The molecule has 3 heteroatoms. The third-order valence-electron chi connectivity index (χ3n) is 3.20. The summed E-state index contributed by atoms with van der Waals surface area (Å²) in [5.41, 5.74) is 3.06. The Morgan fingerprint density at radius 3 is 3.12 bits per heavy atom. The largest absolute Gasteiger partial charge is 0.384 e. The van der Waals surface area contributed by atoms with Gasteiger partial charge in [-0.15, -0.1) is 0 Å². The minimum absolute atomic E-state index is 0.733. The summed E-state index contributed by atoms with van der Waals surface area (Å²) in [6, 6.07) is 8.02. The number of nitrogens with zero attached hydrogens (tertiary/aromatic N) is 1. The Morgan fingerprint density at radius 2 is 2.41 bits per heavy atom. The first kappa shape index (κ1) is 12.3. The second-order valence-corrected chi connectivity index (χ2v) is 5.76. The van der Waals surface area contributed by atoms with E-state index in [1.54, 1.807) is 0 Å². The lowest BCUT2D eigenvalue weighted by Gasteiger charge is -2.22. The molecule has 0 amide bonds. The molecular weight excluding hydrogens is 228 g/mol. The molecule has 1 N–H and O–H groups in total. The zero-order chi connectivity index (χ0) is 12.1. The van der Waals surface area contributed by atoms with Crippen molar-refractivity contribution in [3.05, 3.63) is 29.3 Å². The van der Waals surface area contributed by atoms with Crippen molar-refractivity contribution < 1.29 is 0 Å². The van der Waals surface area contributed by atoms with Crippen LogP contribution in [0.3, 0.4) is 0 Å². The Labute approximate surface area is 107 Å². The first-order valence-electron chi connectivity index (χ1n) is 6.12. The van der Waals surface area contributed by atoms with Crippen LogP contribution in [-0.4, -0.2) is 18.1 Å². The van der Waals surface area contributed by atoms with E-state index in [1.165, 1.54) is 29.9 Å². The van der Waals surface area contributed by atoms with Gasteiger partial charge < -0.3 is 5.32 Å². The molecule has 1 heterocycles. The zero-order valence-electron chi connectivity index (χ0n) is 10.2. The summed E-state index contributed by atoms with van der Waals surface area (Å²) in [7, 11) is 0. The number of benzene rings is 1. The van der Waals surface area contributed by atoms with Crippen molar-refractivity contribution >= 4 is 17.4 Å². The van der Waals surface area contributed by atoms with Gasteiger partial charge in [-0.05, 0) is 54.9 Å². The van der Waals surface area contributed by atoms with Crippen molar-refractivity contribution in [3.63, 3.8) is 0 Å². The second kappa shape index (κ2) is 5.97. The zero-order valence-corrected chi connectivity index (χ0v) is 11.0. The lowest BCUT2D eigenvalue weighted by Crippen LogP contribution is -2.20. The third-order valence-corrected chi connectivity index (χ3v) is 4.49. The summed E-state index contributed by atoms with van der Waals surface area (Å²) in [6.07, 6.45) is 2.67. The van der Waals surface area contributed by atoms with E-state index >= 15 is 0 Å². The molecule has 1 fully saturated rings. The van der Waals surface area contributed by atoms with Gasteiger partial charge in [0.25, 0.3) is 0 Å². The molecule has 2 rings (SSSR count). The maximum absolute atomic E-state index is 8.89. The number of hydrogen-bond donors (Lipinski definition) is 1. The maximum atomic E-state index is 8.89. The van der Waals surface area contributed by atoms with Gasteiger partial charge in [0.15, 0.2) is 0 Å². The SMILES string of the molecule is Cc1ccc(C#N)cc1NCC1CCCSC1. The first-order chi connectivity index (χ1) is 8.29. The highest BCUT2D eigenvalue weighted by Crippen LogP contribution is 2.24. The van der Waals surface area contributed by atoms with E-state index in [-0.39, 0.29) is 0 Å². The number of anilines is 1. The van der Waals surface area contributed by atoms with Crippen LogP contribution in [0.4, 0.5) is 5.69 Å². The number of rotatable bonds is 3. The van der Waals surface area contributed by atoms with Crippen LogP contribution in [0.5, 0.6) is 0 Å². The molecule has 1 saturated heterocycles. The average Bonchev–Trinajstić information content (AvgIpc) is 2.39. The van der Waals surface area contributed by atoms with Gasteiger partial charge in [-0.1, -0.05) is 6.07 Å². The Kier molecular flexibility index (Phi) is 4.33. The standard InChI is InChI=1S/C14H18N2S/c1-11-4-5-12(8-15)7-14(11)16-9-13-3-2-6-17-10-13/h4-5,7,13,16H,2-3,6,9-10H2,1H3. The first-order valence-corrected chi connectivity index (χ1v) is 7.27. The molecule has 0 radical (unpaired) electrons. The van der Waals surface area contributed by atoms with Crippen LogP contribution in [-0.2, 0) is 0 Å². The summed E-state index contributed by atoms with van der Waals surface area (Å²) >= 11 is 2.06. The van der Waals surface area contributed by atoms with E-state index in [4.69, 9.17) is 5.26 Å². The number of thioether (sulfide) groups is 1. The third kappa shape index (κ3) is 3.41. The summed E-state index contributed by atoms with van der Waals surface area (Å²) < 4.78 is 0. The molecule has 1 aromatic carbocycles. The fraction of sp³-hybridized carbons (Fsp3) is 0.500. The smallest absolute Gasteiger partial charge is 0.0992 e. The van der Waals surface area contributed by atoms with Crippen molar-refractivity contribution in [3.8, 4) is 6.07 Å². The Morgan fingerprint density at radius 1 is 1.53 bits per heavy atom. The summed E-state index contributed by atoms with van der Waals surface area (Å²) in [6.45, 7) is 3.11. The highest BCUT2D eigenvalue weighted by Gasteiger charge is 2.13. The molecule has 90 valence electrons. The van der Waals surface area contributed by atoms with Crippen molar-refractivity contribution in [2.75, 3.05) is 23.4 Å². The number of aryl methyl sites for hydroxylation is 1. The molecule has 1 unspecified atom stereocenters. The van der Waals surface area contributed by atoms with Crippen LogP contribution in [0, 0.1) is 24.2 Å². The molecule has 0 spiro atoms. The molecule has 2 nitrogen and oxygen atoms in total. The van der Waals surface area contributed by atoms with E-state index in [9.17, 15) is 0 Å². The van der Waals surface area contributed by atoms with Crippen molar-refractivity contribution in [2.45, 2.75) is 19.8 Å². The Hall–Kier alpha value is -1.14. The van der Waals surface area contributed by atoms with Crippen molar-refractivity contribution in [2.24, 2.45) is 5.92 Å². The highest BCUT2D eigenvalue weighted by atomic mass is 32.2. The summed E-state index contributed by atoms with van der Waals surface area (Å²) in [5, 5.41) is 12.4. The minimum atomic E-state index is 0.733. The van der Waals surface area contributed by atoms with Gasteiger partial charge in [-0.3, -0.25) is 0 Å². The van der Waals surface area contributed by atoms with Gasteiger partial charge in [0, 0.05) is 12.2 Å². The molecule has 1 aliphatic heterocycles. The molecule has 1 aliphatic rings.